The maximum Gasteiger partial charge on any atom is 0.255 e. The van der Waals surface area contributed by atoms with Crippen molar-refractivity contribution in [1.29, 1.82) is 0 Å². The van der Waals surface area contributed by atoms with E-state index in [2.05, 4.69) is 10.4 Å². The van der Waals surface area contributed by atoms with E-state index >= 15 is 0 Å². The molecule has 0 aliphatic carbocycles. The lowest BCUT2D eigenvalue weighted by Crippen LogP contribution is -2.27. The average Bonchev–Trinajstić information content (AvgIpc) is 2.91. The van der Waals surface area contributed by atoms with E-state index in [4.69, 9.17) is 0 Å². The number of hydrogen-bond acceptors (Lipinski definition) is 2. The third kappa shape index (κ3) is 3.45. The summed E-state index contributed by atoms with van der Waals surface area (Å²) in [5, 5.41) is 7.46. The zero-order valence-electron chi connectivity index (χ0n) is 14.5. The summed E-state index contributed by atoms with van der Waals surface area (Å²) in [7, 11) is 0. The Morgan fingerprint density at radius 3 is 2.36 bits per heavy atom. The number of amides is 1. The summed E-state index contributed by atoms with van der Waals surface area (Å²) in [6.45, 7) is 5.59. The number of rotatable bonds is 4. The first kappa shape index (κ1) is 16.9. The standard InChI is InChI=1S/C20H20FN3O/c1-13(16-7-5-4-6-8-16)22-20(25)19-14(2)23-24(15(19)3)18-11-9-17(21)10-12-18/h4-13H,1-3H3,(H,22,25)/t13-/m1/s1. The molecule has 1 N–H and O–H groups in total. The molecule has 0 aliphatic heterocycles. The molecule has 2 aromatic carbocycles. The normalized spacial score (nSPS) is 12.0. The van der Waals surface area contributed by atoms with Crippen LogP contribution in [-0.4, -0.2) is 15.7 Å². The third-order valence-electron chi connectivity index (χ3n) is 4.24. The molecular formula is C20H20FN3O. The Labute approximate surface area is 146 Å². The predicted molar refractivity (Wildman–Crippen MR) is 95.3 cm³/mol. The maximum atomic E-state index is 13.1. The van der Waals surface area contributed by atoms with Crippen LogP contribution < -0.4 is 5.32 Å². The van der Waals surface area contributed by atoms with Crippen LogP contribution in [0.2, 0.25) is 0 Å². The van der Waals surface area contributed by atoms with Crippen LogP contribution in [0.1, 0.15) is 40.3 Å². The van der Waals surface area contributed by atoms with Gasteiger partial charge in [0.05, 0.1) is 28.7 Å². The van der Waals surface area contributed by atoms with Crippen molar-refractivity contribution in [3.63, 3.8) is 0 Å². The van der Waals surface area contributed by atoms with Crippen LogP contribution >= 0.6 is 0 Å². The van der Waals surface area contributed by atoms with Gasteiger partial charge in [-0.15, -0.1) is 0 Å². The molecule has 1 aromatic heterocycles. The van der Waals surface area contributed by atoms with Gasteiger partial charge in [0.2, 0.25) is 0 Å². The summed E-state index contributed by atoms with van der Waals surface area (Å²) in [5.41, 5.74) is 3.67. The minimum absolute atomic E-state index is 0.110. The molecule has 3 rings (SSSR count). The van der Waals surface area contributed by atoms with Gasteiger partial charge in [-0.25, -0.2) is 9.07 Å². The molecule has 0 bridgehead atoms. The fraction of sp³-hybridized carbons (Fsp3) is 0.200. The Morgan fingerprint density at radius 2 is 1.72 bits per heavy atom. The van der Waals surface area contributed by atoms with Crippen molar-refractivity contribution in [2.24, 2.45) is 0 Å². The topological polar surface area (TPSA) is 46.9 Å². The lowest BCUT2D eigenvalue weighted by atomic mass is 10.1. The Kier molecular flexibility index (Phi) is 4.65. The van der Waals surface area contributed by atoms with Crippen molar-refractivity contribution in [2.75, 3.05) is 0 Å². The van der Waals surface area contributed by atoms with Crippen LogP contribution in [0.15, 0.2) is 54.6 Å². The number of benzene rings is 2. The number of aryl methyl sites for hydroxylation is 1. The minimum atomic E-state index is -0.306. The SMILES string of the molecule is Cc1nn(-c2ccc(F)cc2)c(C)c1C(=O)N[C@H](C)c1ccccc1. The number of carbonyl (C=O) groups is 1. The van der Waals surface area contributed by atoms with Crippen molar-refractivity contribution < 1.29 is 9.18 Å². The number of nitrogens with one attached hydrogen (secondary N) is 1. The first-order valence-corrected chi connectivity index (χ1v) is 8.15. The van der Waals surface area contributed by atoms with Crippen molar-refractivity contribution in [1.82, 2.24) is 15.1 Å². The summed E-state index contributed by atoms with van der Waals surface area (Å²) in [6.07, 6.45) is 0. The monoisotopic (exact) mass is 337 g/mol. The van der Waals surface area contributed by atoms with Crippen molar-refractivity contribution in [3.8, 4) is 5.69 Å². The lowest BCUT2D eigenvalue weighted by molar-refractivity contribution is 0.0938. The van der Waals surface area contributed by atoms with Gasteiger partial charge >= 0.3 is 0 Å². The Morgan fingerprint density at radius 1 is 1.08 bits per heavy atom. The molecule has 1 atom stereocenters. The molecule has 0 saturated carbocycles. The van der Waals surface area contributed by atoms with Crippen molar-refractivity contribution in [2.45, 2.75) is 26.8 Å². The number of halogens is 1. The van der Waals surface area contributed by atoms with Gasteiger partial charge in [0.1, 0.15) is 5.82 Å². The van der Waals surface area contributed by atoms with Gasteiger partial charge < -0.3 is 5.32 Å². The van der Waals surface area contributed by atoms with Gasteiger partial charge in [-0.1, -0.05) is 30.3 Å². The van der Waals surface area contributed by atoms with Gasteiger partial charge in [0, 0.05) is 0 Å². The van der Waals surface area contributed by atoms with Crippen LogP contribution in [0.4, 0.5) is 4.39 Å². The summed E-state index contributed by atoms with van der Waals surface area (Å²) < 4.78 is 14.8. The Balaban J connectivity index is 1.87. The van der Waals surface area contributed by atoms with E-state index in [1.54, 1.807) is 23.7 Å². The van der Waals surface area contributed by atoms with Crippen molar-refractivity contribution >= 4 is 5.91 Å². The predicted octanol–water partition coefficient (Wildman–Crippen LogP) is 4.12. The zero-order chi connectivity index (χ0) is 18.0. The fourth-order valence-corrected chi connectivity index (χ4v) is 2.90. The second-order valence-electron chi connectivity index (χ2n) is 6.04. The van der Waals surface area contributed by atoms with Gasteiger partial charge in [0.25, 0.3) is 5.91 Å². The molecule has 128 valence electrons. The summed E-state index contributed by atoms with van der Waals surface area (Å²) in [6, 6.07) is 15.7. The number of aromatic nitrogens is 2. The van der Waals surface area contributed by atoms with E-state index in [-0.39, 0.29) is 17.8 Å². The number of nitrogens with zero attached hydrogens (tertiary/aromatic N) is 2. The van der Waals surface area contributed by atoms with Crippen LogP contribution in [0.5, 0.6) is 0 Å². The van der Waals surface area contributed by atoms with Crippen LogP contribution in [0.25, 0.3) is 5.69 Å². The molecule has 0 unspecified atom stereocenters. The molecule has 4 nitrogen and oxygen atoms in total. The largest absolute Gasteiger partial charge is 0.345 e. The van der Waals surface area contributed by atoms with E-state index < -0.39 is 0 Å². The highest BCUT2D eigenvalue weighted by Gasteiger charge is 2.21. The van der Waals surface area contributed by atoms with E-state index in [1.807, 2.05) is 44.2 Å². The van der Waals surface area contributed by atoms with Gasteiger partial charge in [-0.3, -0.25) is 4.79 Å². The molecule has 0 saturated heterocycles. The van der Waals surface area contributed by atoms with Crippen LogP contribution in [-0.2, 0) is 0 Å². The molecule has 0 aliphatic rings. The fourth-order valence-electron chi connectivity index (χ4n) is 2.90. The molecule has 25 heavy (non-hydrogen) atoms. The van der Waals surface area contributed by atoms with Crippen molar-refractivity contribution in [3.05, 3.63) is 82.9 Å². The first-order valence-electron chi connectivity index (χ1n) is 8.15. The molecular weight excluding hydrogens is 317 g/mol. The Hall–Kier alpha value is -2.95. The summed E-state index contributed by atoms with van der Waals surface area (Å²) in [5.74, 6) is -0.473. The second-order valence-corrected chi connectivity index (χ2v) is 6.04. The third-order valence-corrected chi connectivity index (χ3v) is 4.24. The van der Waals surface area contributed by atoms with Gasteiger partial charge in [-0.05, 0) is 50.6 Å². The first-order chi connectivity index (χ1) is 12.0. The zero-order valence-corrected chi connectivity index (χ0v) is 14.5. The van der Waals surface area contributed by atoms with E-state index in [9.17, 15) is 9.18 Å². The van der Waals surface area contributed by atoms with Crippen LogP contribution in [0.3, 0.4) is 0 Å². The highest BCUT2D eigenvalue weighted by atomic mass is 19.1. The quantitative estimate of drug-likeness (QED) is 0.778. The molecule has 0 spiro atoms. The molecule has 0 radical (unpaired) electrons. The highest BCUT2D eigenvalue weighted by Crippen LogP contribution is 2.20. The summed E-state index contributed by atoms with van der Waals surface area (Å²) in [4.78, 5) is 12.7. The van der Waals surface area contributed by atoms with Gasteiger partial charge in [-0.2, -0.15) is 5.10 Å². The molecule has 1 heterocycles. The molecule has 0 fully saturated rings. The lowest BCUT2D eigenvalue weighted by Gasteiger charge is -2.14. The van der Waals surface area contributed by atoms with E-state index in [1.165, 1.54) is 12.1 Å². The second kappa shape index (κ2) is 6.89. The number of hydrogen-bond donors (Lipinski definition) is 1. The minimum Gasteiger partial charge on any atom is -0.345 e. The highest BCUT2D eigenvalue weighted by molar-refractivity contribution is 5.96. The smallest absolute Gasteiger partial charge is 0.255 e. The van der Waals surface area contributed by atoms with E-state index in [0.29, 0.717) is 11.3 Å². The maximum absolute atomic E-state index is 13.1. The van der Waals surface area contributed by atoms with Crippen LogP contribution in [0, 0.1) is 19.7 Å². The summed E-state index contributed by atoms with van der Waals surface area (Å²) >= 11 is 0. The molecule has 3 aromatic rings. The Bertz CT molecular complexity index is 885. The molecule has 1 amide bonds. The van der Waals surface area contributed by atoms with E-state index in [0.717, 1.165) is 16.9 Å². The average molecular weight is 337 g/mol. The molecule has 5 heteroatoms. The van der Waals surface area contributed by atoms with Gasteiger partial charge in [0.15, 0.2) is 0 Å². The number of carbonyl (C=O) groups excluding carboxylic acids is 1.